The van der Waals surface area contributed by atoms with Crippen molar-refractivity contribution in [3.8, 4) is 11.5 Å². The van der Waals surface area contributed by atoms with Crippen LogP contribution < -0.4 is 14.8 Å². The van der Waals surface area contributed by atoms with Crippen molar-refractivity contribution in [1.29, 1.82) is 0 Å². The summed E-state index contributed by atoms with van der Waals surface area (Å²) in [6.07, 6.45) is 0. The van der Waals surface area contributed by atoms with Crippen LogP contribution in [0.25, 0.3) is 0 Å². The van der Waals surface area contributed by atoms with Crippen molar-refractivity contribution in [3.05, 3.63) is 58.1 Å². The lowest BCUT2D eigenvalue weighted by atomic mass is 10.2. The van der Waals surface area contributed by atoms with E-state index in [1.807, 2.05) is 6.92 Å². The predicted octanol–water partition coefficient (Wildman–Crippen LogP) is 4.20. The van der Waals surface area contributed by atoms with E-state index in [4.69, 9.17) is 32.7 Å². The summed E-state index contributed by atoms with van der Waals surface area (Å²) >= 11 is 11.8. The van der Waals surface area contributed by atoms with Crippen LogP contribution >= 0.6 is 23.2 Å². The highest BCUT2D eigenvalue weighted by Crippen LogP contribution is 2.24. The van der Waals surface area contributed by atoms with Gasteiger partial charge in [0.1, 0.15) is 18.1 Å². The van der Waals surface area contributed by atoms with E-state index in [-0.39, 0.29) is 11.9 Å². The average Bonchev–Trinajstić information content (AvgIpc) is 2.54. The van der Waals surface area contributed by atoms with Crippen LogP contribution in [0, 0.1) is 0 Å². The molecule has 1 amide bonds. The molecule has 0 spiro atoms. The van der Waals surface area contributed by atoms with Crippen molar-refractivity contribution in [2.24, 2.45) is 0 Å². The molecule has 2 aromatic carbocycles. The summed E-state index contributed by atoms with van der Waals surface area (Å²) in [4.78, 5) is 12.2. The Labute approximate surface area is 145 Å². The zero-order valence-corrected chi connectivity index (χ0v) is 14.3. The van der Waals surface area contributed by atoms with Gasteiger partial charge in [-0.1, -0.05) is 23.2 Å². The molecule has 6 heteroatoms. The lowest BCUT2D eigenvalue weighted by molar-refractivity contribution is 0.0926. The van der Waals surface area contributed by atoms with Gasteiger partial charge in [-0.2, -0.15) is 0 Å². The Hall–Kier alpha value is -1.91. The number of benzene rings is 2. The van der Waals surface area contributed by atoms with Gasteiger partial charge >= 0.3 is 0 Å². The minimum Gasteiger partial charge on any atom is -0.495 e. The van der Waals surface area contributed by atoms with E-state index < -0.39 is 0 Å². The molecule has 0 aliphatic carbocycles. The van der Waals surface area contributed by atoms with Gasteiger partial charge in [-0.25, -0.2) is 0 Å². The molecule has 1 atom stereocenters. The third-order valence-electron chi connectivity index (χ3n) is 3.11. The lowest BCUT2D eigenvalue weighted by Gasteiger charge is -2.15. The minimum atomic E-state index is -0.221. The van der Waals surface area contributed by atoms with Crippen molar-refractivity contribution in [3.63, 3.8) is 0 Å². The third kappa shape index (κ3) is 5.05. The molecule has 1 N–H and O–H groups in total. The normalized spacial score (nSPS) is 11.7. The van der Waals surface area contributed by atoms with Crippen LogP contribution in [0.4, 0.5) is 0 Å². The molecule has 1 unspecified atom stereocenters. The highest BCUT2D eigenvalue weighted by molar-refractivity contribution is 6.32. The smallest absolute Gasteiger partial charge is 0.251 e. The summed E-state index contributed by atoms with van der Waals surface area (Å²) in [5.41, 5.74) is 0.467. The highest BCUT2D eigenvalue weighted by Gasteiger charge is 2.12. The Kier molecular flexibility index (Phi) is 6.13. The van der Waals surface area contributed by atoms with Crippen molar-refractivity contribution in [2.45, 2.75) is 13.0 Å². The number of ether oxygens (including phenoxy) is 2. The molecule has 0 radical (unpaired) electrons. The maximum Gasteiger partial charge on any atom is 0.251 e. The molecule has 0 aliphatic heterocycles. The molecule has 4 nitrogen and oxygen atoms in total. The highest BCUT2D eigenvalue weighted by atomic mass is 35.5. The van der Waals surface area contributed by atoms with Crippen LogP contribution in [0.5, 0.6) is 11.5 Å². The molecule has 0 fully saturated rings. The van der Waals surface area contributed by atoms with Crippen LogP contribution in [-0.4, -0.2) is 25.7 Å². The Morgan fingerprint density at radius 1 is 1.17 bits per heavy atom. The number of rotatable bonds is 6. The van der Waals surface area contributed by atoms with Crippen molar-refractivity contribution < 1.29 is 14.3 Å². The fraction of sp³-hybridized carbons (Fsp3) is 0.235. The standard InChI is InChI=1S/C17H17Cl2NO3/c1-11(10-23-14-6-4-13(18)5-7-14)20-17(21)12-3-8-16(22-2)15(19)9-12/h3-9,11H,10H2,1-2H3,(H,20,21). The molecule has 2 rings (SSSR count). The maximum atomic E-state index is 12.2. The number of hydrogen-bond acceptors (Lipinski definition) is 3. The van der Waals surface area contributed by atoms with E-state index in [0.29, 0.717) is 33.7 Å². The minimum absolute atomic E-state index is 0.168. The molecule has 23 heavy (non-hydrogen) atoms. The van der Waals surface area contributed by atoms with Gasteiger partial charge in [0.05, 0.1) is 18.2 Å². The van der Waals surface area contributed by atoms with Crippen LogP contribution in [-0.2, 0) is 0 Å². The van der Waals surface area contributed by atoms with Gasteiger partial charge in [0.15, 0.2) is 0 Å². The second kappa shape index (κ2) is 8.09. The molecular formula is C17H17Cl2NO3. The number of amides is 1. The first kappa shape index (κ1) is 17.4. The Morgan fingerprint density at radius 3 is 2.48 bits per heavy atom. The lowest BCUT2D eigenvalue weighted by Crippen LogP contribution is -2.36. The first-order valence-electron chi connectivity index (χ1n) is 7.02. The van der Waals surface area contributed by atoms with Crippen molar-refractivity contribution in [2.75, 3.05) is 13.7 Å². The number of methoxy groups -OCH3 is 1. The van der Waals surface area contributed by atoms with Crippen LogP contribution in [0.15, 0.2) is 42.5 Å². The topological polar surface area (TPSA) is 47.6 Å². The van der Waals surface area contributed by atoms with E-state index in [1.54, 1.807) is 42.5 Å². The SMILES string of the molecule is COc1ccc(C(=O)NC(C)COc2ccc(Cl)cc2)cc1Cl. The van der Waals surface area contributed by atoms with E-state index >= 15 is 0 Å². The Bertz CT molecular complexity index is 674. The quantitative estimate of drug-likeness (QED) is 0.846. The van der Waals surface area contributed by atoms with E-state index in [1.165, 1.54) is 7.11 Å². The summed E-state index contributed by atoms with van der Waals surface area (Å²) in [6.45, 7) is 2.20. The summed E-state index contributed by atoms with van der Waals surface area (Å²) in [5.74, 6) is 1.01. The van der Waals surface area contributed by atoms with Crippen LogP contribution in [0.2, 0.25) is 10.0 Å². The molecule has 0 heterocycles. The van der Waals surface area contributed by atoms with Crippen molar-refractivity contribution in [1.82, 2.24) is 5.32 Å². The number of carbonyl (C=O) groups excluding carboxylic acids is 1. The molecule has 0 bridgehead atoms. The van der Waals surface area contributed by atoms with Gasteiger partial charge in [0.2, 0.25) is 0 Å². The van der Waals surface area contributed by atoms with Gasteiger partial charge in [0, 0.05) is 10.6 Å². The maximum absolute atomic E-state index is 12.2. The van der Waals surface area contributed by atoms with Gasteiger partial charge < -0.3 is 14.8 Å². The Balaban J connectivity index is 1.89. The number of nitrogens with one attached hydrogen (secondary N) is 1. The van der Waals surface area contributed by atoms with Crippen LogP contribution in [0.1, 0.15) is 17.3 Å². The Morgan fingerprint density at radius 2 is 1.87 bits per heavy atom. The molecule has 0 saturated carbocycles. The molecule has 0 aromatic heterocycles. The first-order chi connectivity index (χ1) is 11.0. The van der Waals surface area contributed by atoms with Gasteiger partial charge in [0.25, 0.3) is 5.91 Å². The summed E-state index contributed by atoms with van der Waals surface area (Å²) in [5, 5.41) is 3.89. The predicted molar refractivity (Wildman–Crippen MR) is 91.9 cm³/mol. The second-order valence-electron chi connectivity index (χ2n) is 4.99. The number of hydrogen-bond donors (Lipinski definition) is 1. The largest absolute Gasteiger partial charge is 0.495 e. The first-order valence-corrected chi connectivity index (χ1v) is 7.78. The van der Waals surface area contributed by atoms with E-state index in [2.05, 4.69) is 5.32 Å². The molecule has 122 valence electrons. The van der Waals surface area contributed by atoms with Gasteiger partial charge in [-0.3, -0.25) is 4.79 Å². The molecule has 0 saturated heterocycles. The van der Waals surface area contributed by atoms with Crippen LogP contribution in [0.3, 0.4) is 0 Å². The average molecular weight is 354 g/mol. The number of carbonyl (C=O) groups is 1. The second-order valence-corrected chi connectivity index (χ2v) is 5.83. The van der Waals surface area contributed by atoms with Gasteiger partial charge in [-0.15, -0.1) is 0 Å². The summed E-state index contributed by atoms with van der Waals surface area (Å²) < 4.78 is 10.7. The van der Waals surface area contributed by atoms with Gasteiger partial charge in [-0.05, 0) is 49.4 Å². The van der Waals surface area contributed by atoms with E-state index in [9.17, 15) is 4.79 Å². The monoisotopic (exact) mass is 353 g/mol. The van der Waals surface area contributed by atoms with Crippen molar-refractivity contribution >= 4 is 29.1 Å². The van der Waals surface area contributed by atoms with E-state index in [0.717, 1.165) is 0 Å². The zero-order chi connectivity index (χ0) is 16.8. The fourth-order valence-corrected chi connectivity index (χ4v) is 2.29. The summed E-state index contributed by atoms with van der Waals surface area (Å²) in [6, 6.07) is 11.8. The molecule has 0 aliphatic rings. The molecule has 2 aromatic rings. The number of halogens is 2. The third-order valence-corrected chi connectivity index (χ3v) is 3.65. The summed E-state index contributed by atoms with van der Waals surface area (Å²) in [7, 11) is 1.52. The fourth-order valence-electron chi connectivity index (χ4n) is 1.91. The molecular weight excluding hydrogens is 337 g/mol. The zero-order valence-electron chi connectivity index (χ0n) is 12.8.